The van der Waals surface area contributed by atoms with Crippen molar-refractivity contribution < 1.29 is 28.8 Å². The molecule has 4 unspecified atom stereocenters. The molecule has 6 rings (SSSR count). The number of amides is 1. The number of rotatable bonds is 5. The second kappa shape index (κ2) is 11.8. The Labute approximate surface area is 260 Å². The van der Waals surface area contributed by atoms with Gasteiger partial charge in [-0.3, -0.25) is 5.43 Å². The number of fused-ring (bicyclic) bond motifs is 2. The van der Waals surface area contributed by atoms with Crippen LogP contribution >= 0.6 is 27.3 Å². The third kappa shape index (κ3) is 6.32. The maximum Gasteiger partial charge on any atom is 0.422 e. The predicted molar refractivity (Wildman–Crippen MR) is 162 cm³/mol. The Morgan fingerprint density at radius 1 is 1.16 bits per heavy atom. The minimum atomic E-state index is -1.22. The zero-order valence-electron chi connectivity index (χ0n) is 24.3. The van der Waals surface area contributed by atoms with Gasteiger partial charge in [0.1, 0.15) is 35.8 Å². The van der Waals surface area contributed by atoms with Crippen LogP contribution in [0.4, 0.5) is 4.79 Å². The number of carbonyl (C=O) groups excluding carboxylic acids is 1. The number of carbonyl (C=O) groups is 1. The van der Waals surface area contributed by atoms with Gasteiger partial charge in [-0.1, -0.05) is 30.3 Å². The normalized spacial score (nSPS) is 25.8. The smallest absolute Gasteiger partial charge is 0.422 e. The van der Waals surface area contributed by atoms with E-state index < -0.39 is 48.4 Å². The highest BCUT2D eigenvalue weighted by atomic mass is 79.9. The summed E-state index contributed by atoms with van der Waals surface area (Å²) in [6.07, 6.45) is -4.85. The van der Waals surface area contributed by atoms with Gasteiger partial charge in [0.25, 0.3) is 0 Å². The van der Waals surface area contributed by atoms with E-state index in [4.69, 9.17) is 18.9 Å². The summed E-state index contributed by atoms with van der Waals surface area (Å²) in [5.41, 5.74) is 7.25. The predicted octanol–water partition coefficient (Wildman–Crippen LogP) is 4.57. The highest BCUT2D eigenvalue weighted by Gasteiger charge is 2.51. The van der Waals surface area contributed by atoms with Gasteiger partial charge in [0, 0.05) is 10.0 Å². The molecular formula is C29H33BrN6O6S. The fourth-order valence-electron chi connectivity index (χ4n) is 5.25. The summed E-state index contributed by atoms with van der Waals surface area (Å²) in [6, 6.07) is 12.6. The van der Waals surface area contributed by atoms with Gasteiger partial charge in [-0.25, -0.2) is 24.9 Å². The van der Waals surface area contributed by atoms with Crippen LogP contribution < -0.4 is 10.9 Å². The fraction of sp³-hybridized carbons (Fsp3) is 0.448. The first-order valence-corrected chi connectivity index (χ1v) is 15.5. The van der Waals surface area contributed by atoms with Crippen LogP contribution in [-0.4, -0.2) is 67.5 Å². The molecule has 43 heavy (non-hydrogen) atoms. The number of nitrogens with zero attached hydrogens (tertiary/aromatic N) is 4. The number of nitrogens with one attached hydrogen (secondary N) is 2. The maximum absolute atomic E-state index is 12.6. The van der Waals surface area contributed by atoms with Crippen LogP contribution in [0.2, 0.25) is 0 Å². The Balaban J connectivity index is 1.34. The molecule has 2 aliphatic heterocycles. The Bertz CT molecular complexity index is 1620. The van der Waals surface area contributed by atoms with Crippen molar-refractivity contribution in [3.63, 3.8) is 0 Å². The Hall–Kier alpha value is -2.98. The number of aryl methyl sites for hydroxylation is 2. The molecular weight excluding hydrogens is 640 g/mol. The Kier molecular flexibility index (Phi) is 8.28. The first kappa shape index (κ1) is 30.1. The van der Waals surface area contributed by atoms with Crippen molar-refractivity contribution >= 4 is 43.6 Å². The number of hydrogen-bond acceptors (Lipinski definition) is 11. The highest BCUT2D eigenvalue weighted by Crippen LogP contribution is 2.40. The molecule has 0 spiro atoms. The molecule has 4 heterocycles. The fourth-order valence-corrected chi connectivity index (χ4v) is 6.59. The number of ether oxygens (including phenoxy) is 4. The minimum absolute atomic E-state index is 0.182. The van der Waals surface area contributed by atoms with Crippen molar-refractivity contribution in [3.05, 3.63) is 69.2 Å². The Morgan fingerprint density at radius 3 is 2.67 bits per heavy atom. The van der Waals surface area contributed by atoms with Crippen LogP contribution in [0.1, 0.15) is 55.4 Å². The van der Waals surface area contributed by atoms with Gasteiger partial charge < -0.3 is 24.1 Å². The van der Waals surface area contributed by atoms with E-state index in [0.29, 0.717) is 11.6 Å². The van der Waals surface area contributed by atoms with Crippen molar-refractivity contribution in [3.8, 4) is 5.69 Å². The lowest BCUT2D eigenvalue weighted by Gasteiger charge is -2.48. The third-order valence-electron chi connectivity index (χ3n) is 7.01. The van der Waals surface area contributed by atoms with Crippen LogP contribution in [0.15, 0.2) is 46.9 Å². The zero-order chi connectivity index (χ0) is 30.5. The molecule has 0 saturated carbocycles. The van der Waals surface area contributed by atoms with E-state index in [9.17, 15) is 9.90 Å². The largest absolute Gasteiger partial charge is 0.443 e. The van der Waals surface area contributed by atoms with Crippen molar-refractivity contribution in [2.45, 2.75) is 77.0 Å². The van der Waals surface area contributed by atoms with Crippen molar-refractivity contribution in [1.82, 2.24) is 30.6 Å². The minimum Gasteiger partial charge on any atom is -0.443 e. The van der Waals surface area contributed by atoms with E-state index in [0.717, 1.165) is 30.9 Å². The average Bonchev–Trinajstić information content (AvgIpc) is 3.51. The molecule has 228 valence electrons. The lowest BCUT2D eigenvalue weighted by molar-refractivity contribution is -0.313. The molecule has 2 aliphatic rings. The number of aliphatic hydroxyl groups is 1. The molecule has 2 aromatic heterocycles. The van der Waals surface area contributed by atoms with Gasteiger partial charge in [0.2, 0.25) is 0 Å². The van der Waals surface area contributed by atoms with E-state index in [1.54, 1.807) is 43.7 Å². The molecule has 6 atom stereocenters. The van der Waals surface area contributed by atoms with Crippen LogP contribution in [0.25, 0.3) is 15.9 Å². The molecule has 14 heteroatoms. The quantitative estimate of drug-likeness (QED) is 0.258. The second-order valence-corrected chi connectivity index (χ2v) is 13.6. The lowest BCUT2D eigenvalue weighted by Crippen LogP contribution is -2.66. The molecule has 4 aromatic rings. The van der Waals surface area contributed by atoms with Gasteiger partial charge in [-0.15, -0.1) is 11.3 Å². The topological polar surface area (TPSA) is 142 Å². The van der Waals surface area contributed by atoms with E-state index in [1.807, 2.05) is 49.4 Å². The molecule has 2 saturated heterocycles. The Morgan fingerprint density at radius 2 is 1.93 bits per heavy atom. The molecule has 2 fully saturated rings. The van der Waals surface area contributed by atoms with E-state index in [2.05, 4.69) is 41.8 Å². The maximum atomic E-state index is 12.6. The first-order valence-electron chi connectivity index (χ1n) is 13.9. The molecule has 0 radical (unpaired) electrons. The van der Waals surface area contributed by atoms with Crippen molar-refractivity contribution in [2.24, 2.45) is 0 Å². The van der Waals surface area contributed by atoms with E-state index in [-0.39, 0.29) is 6.61 Å². The second-order valence-electron chi connectivity index (χ2n) is 11.5. The van der Waals surface area contributed by atoms with Gasteiger partial charge in [-0.05, 0) is 62.7 Å². The van der Waals surface area contributed by atoms with Crippen LogP contribution in [0.3, 0.4) is 0 Å². The molecule has 2 aromatic carbocycles. The average molecular weight is 674 g/mol. The standard InChI is InChI=1S/C29H33BrN6O6S/c1-14-31-26(36(35-14)19-12-21-18(11-17(19)30)32-15(2)43-21)25-23(37)22(33-34-28(38)42-29(3,4)5)24-20(40-25)13-39-27(41-24)16-9-7-6-8-10-16/h6-12,20,22-25,27,33,37H,13H2,1-5H3,(H,34,38)/t20?,22?,23?,24-,25+,27?/m0/s1. The van der Waals surface area contributed by atoms with Gasteiger partial charge in [-0.2, -0.15) is 5.10 Å². The third-order valence-corrected chi connectivity index (χ3v) is 8.58. The summed E-state index contributed by atoms with van der Waals surface area (Å²) in [5, 5.41) is 17.5. The number of aromatic nitrogens is 4. The summed E-state index contributed by atoms with van der Waals surface area (Å²) < 4.78 is 27.7. The molecule has 3 N–H and O–H groups in total. The van der Waals surface area contributed by atoms with Crippen LogP contribution in [-0.2, 0) is 18.9 Å². The monoisotopic (exact) mass is 672 g/mol. The SMILES string of the molecule is Cc1nc([C@@H]2OC3COC(c4ccccc4)O[C@@H]3C(NNC(=O)OC(C)(C)C)C2O)n(-c2cc3sc(C)nc3cc2Br)n1. The number of hydrazine groups is 1. The molecule has 12 nitrogen and oxygen atoms in total. The number of hydrogen-bond donors (Lipinski definition) is 3. The number of benzene rings is 2. The van der Waals surface area contributed by atoms with Crippen molar-refractivity contribution in [1.29, 1.82) is 0 Å². The van der Waals surface area contributed by atoms with E-state index in [1.165, 1.54) is 0 Å². The highest BCUT2D eigenvalue weighted by molar-refractivity contribution is 9.10. The number of thiazole rings is 1. The van der Waals surface area contributed by atoms with Crippen LogP contribution in [0, 0.1) is 13.8 Å². The van der Waals surface area contributed by atoms with Crippen molar-refractivity contribution in [2.75, 3.05) is 6.61 Å². The summed E-state index contributed by atoms with van der Waals surface area (Å²) in [4.78, 5) is 21.8. The number of halogens is 1. The van der Waals surface area contributed by atoms with Gasteiger partial charge in [0.05, 0.1) is 33.6 Å². The van der Waals surface area contributed by atoms with Crippen LogP contribution in [0.5, 0.6) is 0 Å². The molecule has 0 aliphatic carbocycles. The summed E-state index contributed by atoms with van der Waals surface area (Å²) in [5.74, 6) is 0.885. The molecule has 0 bridgehead atoms. The molecule has 1 amide bonds. The first-order chi connectivity index (χ1) is 20.5. The lowest BCUT2D eigenvalue weighted by atomic mass is 9.91. The summed E-state index contributed by atoms with van der Waals surface area (Å²) in [7, 11) is 0. The van der Waals surface area contributed by atoms with E-state index >= 15 is 0 Å². The van der Waals surface area contributed by atoms with Gasteiger partial charge >= 0.3 is 6.09 Å². The summed E-state index contributed by atoms with van der Waals surface area (Å²) in [6.45, 7) is 9.23. The zero-order valence-corrected chi connectivity index (χ0v) is 26.7. The summed E-state index contributed by atoms with van der Waals surface area (Å²) >= 11 is 5.24. The number of aliphatic hydroxyl groups excluding tert-OH is 1. The van der Waals surface area contributed by atoms with Gasteiger partial charge in [0.15, 0.2) is 12.1 Å².